The highest BCUT2D eigenvalue weighted by atomic mass is 35.5. The van der Waals surface area contributed by atoms with Gasteiger partial charge in [0.15, 0.2) is 0 Å². The molecule has 1 heterocycles. The maximum Gasteiger partial charge on any atom is 0.220 e. The Hall–Kier alpha value is -1.07. The van der Waals surface area contributed by atoms with Crippen molar-refractivity contribution in [1.29, 1.82) is 0 Å². The van der Waals surface area contributed by atoms with Crippen molar-refractivity contribution < 1.29 is 9.32 Å². The van der Waals surface area contributed by atoms with Crippen LogP contribution in [0.2, 0.25) is 0 Å². The number of carbonyl (C=O) groups is 1. The normalized spacial score (nSPS) is 10.9. The summed E-state index contributed by atoms with van der Waals surface area (Å²) in [5.74, 6) is 0.790. The van der Waals surface area contributed by atoms with Gasteiger partial charge in [-0.05, 0) is 34.1 Å². The molecule has 0 aliphatic heterocycles. The Morgan fingerprint density at radius 1 is 1.44 bits per heavy atom. The molecule has 18 heavy (non-hydrogen) atoms. The van der Waals surface area contributed by atoms with Crippen molar-refractivity contribution in [3.63, 3.8) is 0 Å². The van der Waals surface area contributed by atoms with Gasteiger partial charge >= 0.3 is 0 Å². The lowest BCUT2D eigenvalue weighted by atomic mass is 10.1. The molecule has 0 aliphatic carbocycles. The van der Waals surface area contributed by atoms with Gasteiger partial charge < -0.3 is 15.6 Å². The summed E-state index contributed by atoms with van der Waals surface area (Å²) >= 11 is 0. The number of amides is 1. The van der Waals surface area contributed by atoms with Crippen molar-refractivity contribution in [2.75, 3.05) is 6.54 Å². The summed E-state index contributed by atoms with van der Waals surface area (Å²) in [5.41, 5.74) is 7.28. The Kier molecular flexibility index (Phi) is 6.35. The molecule has 1 amide bonds. The van der Waals surface area contributed by atoms with Gasteiger partial charge in [0.25, 0.3) is 0 Å². The molecule has 0 unspecified atom stereocenters. The van der Waals surface area contributed by atoms with Crippen LogP contribution in [0.3, 0.4) is 0 Å². The summed E-state index contributed by atoms with van der Waals surface area (Å²) in [5, 5.41) is 6.66. The van der Waals surface area contributed by atoms with Crippen LogP contribution >= 0.6 is 12.4 Å². The second-order valence-electron chi connectivity index (χ2n) is 5.07. The number of nitrogens with two attached hydrogens (primary N) is 1. The minimum absolute atomic E-state index is 0. The Labute approximate surface area is 114 Å². The first-order chi connectivity index (χ1) is 7.79. The van der Waals surface area contributed by atoms with Crippen LogP contribution in [0.25, 0.3) is 0 Å². The van der Waals surface area contributed by atoms with Crippen molar-refractivity contribution in [3.8, 4) is 0 Å². The van der Waals surface area contributed by atoms with Crippen molar-refractivity contribution >= 4 is 18.3 Å². The van der Waals surface area contributed by atoms with E-state index in [2.05, 4.69) is 10.5 Å². The van der Waals surface area contributed by atoms with E-state index in [0.29, 0.717) is 19.4 Å². The quantitative estimate of drug-likeness (QED) is 0.853. The largest absolute Gasteiger partial charge is 0.361 e. The molecule has 0 atom stereocenters. The summed E-state index contributed by atoms with van der Waals surface area (Å²) in [6, 6.07) is 0. The maximum absolute atomic E-state index is 11.6. The Morgan fingerprint density at radius 3 is 2.50 bits per heavy atom. The van der Waals surface area contributed by atoms with Crippen molar-refractivity contribution in [3.05, 3.63) is 17.0 Å². The van der Waals surface area contributed by atoms with E-state index in [9.17, 15) is 4.79 Å². The number of nitrogens with one attached hydrogen (secondary N) is 1. The molecule has 0 radical (unpaired) electrons. The number of halogens is 1. The zero-order valence-corrected chi connectivity index (χ0v) is 12.2. The zero-order valence-electron chi connectivity index (χ0n) is 11.4. The van der Waals surface area contributed by atoms with E-state index < -0.39 is 0 Å². The molecule has 1 aromatic heterocycles. The third kappa shape index (κ3) is 5.51. The van der Waals surface area contributed by atoms with E-state index in [-0.39, 0.29) is 23.9 Å². The van der Waals surface area contributed by atoms with E-state index >= 15 is 0 Å². The van der Waals surface area contributed by atoms with Crippen LogP contribution < -0.4 is 11.1 Å². The van der Waals surface area contributed by atoms with Crippen LogP contribution in [0, 0.1) is 13.8 Å². The van der Waals surface area contributed by atoms with Crippen LogP contribution in [-0.4, -0.2) is 23.1 Å². The standard InChI is InChI=1S/C12H21N3O2.ClH/c1-8-10(9(2)17-15-8)5-6-11(16)14-7-12(3,4)13;/h5-7,13H2,1-4H3,(H,14,16);1H. The van der Waals surface area contributed by atoms with Gasteiger partial charge in [-0.25, -0.2) is 0 Å². The molecule has 0 saturated heterocycles. The van der Waals surface area contributed by atoms with Gasteiger partial charge in [0.05, 0.1) is 5.69 Å². The molecule has 6 heteroatoms. The van der Waals surface area contributed by atoms with Gasteiger partial charge in [0.2, 0.25) is 5.91 Å². The van der Waals surface area contributed by atoms with Crippen LogP contribution in [0.5, 0.6) is 0 Å². The Bertz CT molecular complexity index is 377. The summed E-state index contributed by atoms with van der Waals surface area (Å²) < 4.78 is 5.04. The highest BCUT2D eigenvalue weighted by Crippen LogP contribution is 2.14. The van der Waals surface area contributed by atoms with Gasteiger partial charge in [0, 0.05) is 24.1 Å². The highest BCUT2D eigenvalue weighted by Gasteiger charge is 2.14. The van der Waals surface area contributed by atoms with E-state index in [1.807, 2.05) is 27.7 Å². The molecule has 0 saturated carbocycles. The summed E-state index contributed by atoms with van der Waals surface area (Å²) in [6.07, 6.45) is 1.08. The van der Waals surface area contributed by atoms with Gasteiger partial charge in [-0.3, -0.25) is 4.79 Å². The molecule has 0 fully saturated rings. The number of hydrogen-bond donors (Lipinski definition) is 2. The van der Waals surface area contributed by atoms with Crippen molar-refractivity contribution in [1.82, 2.24) is 10.5 Å². The fourth-order valence-electron chi connectivity index (χ4n) is 1.51. The SMILES string of the molecule is Cc1noc(C)c1CCC(=O)NCC(C)(C)N.Cl. The first-order valence-electron chi connectivity index (χ1n) is 5.77. The first kappa shape index (κ1) is 16.9. The monoisotopic (exact) mass is 275 g/mol. The predicted molar refractivity (Wildman–Crippen MR) is 72.8 cm³/mol. The van der Waals surface area contributed by atoms with E-state index in [4.69, 9.17) is 10.3 Å². The lowest BCUT2D eigenvalue weighted by molar-refractivity contribution is -0.121. The summed E-state index contributed by atoms with van der Waals surface area (Å²) in [7, 11) is 0. The van der Waals surface area contributed by atoms with E-state index in [0.717, 1.165) is 17.0 Å². The third-order valence-electron chi connectivity index (χ3n) is 2.52. The highest BCUT2D eigenvalue weighted by molar-refractivity contribution is 5.85. The van der Waals surface area contributed by atoms with E-state index in [1.54, 1.807) is 0 Å². The van der Waals surface area contributed by atoms with Gasteiger partial charge in [-0.1, -0.05) is 5.16 Å². The number of hydrogen-bond acceptors (Lipinski definition) is 4. The minimum Gasteiger partial charge on any atom is -0.361 e. The smallest absolute Gasteiger partial charge is 0.220 e. The fraction of sp³-hybridized carbons (Fsp3) is 0.667. The number of aromatic nitrogens is 1. The average molecular weight is 276 g/mol. The van der Waals surface area contributed by atoms with Gasteiger partial charge in [-0.15, -0.1) is 12.4 Å². The Balaban J connectivity index is 0.00000289. The van der Waals surface area contributed by atoms with Crippen molar-refractivity contribution in [2.45, 2.75) is 46.1 Å². The van der Waals surface area contributed by atoms with Crippen molar-refractivity contribution in [2.24, 2.45) is 5.73 Å². The molecule has 1 aromatic rings. The lowest BCUT2D eigenvalue weighted by Crippen LogP contribution is -2.45. The van der Waals surface area contributed by atoms with Crippen LogP contribution in [0.1, 0.15) is 37.3 Å². The molecule has 0 spiro atoms. The van der Waals surface area contributed by atoms with Crippen LogP contribution in [0.15, 0.2) is 4.52 Å². The minimum atomic E-state index is -0.376. The summed E-state index contributed by atoms with van der Waals surface area (Å²) in [4.78, 5) is 11.6. The van der Waals surface area contributed by atoms with Gasteiger partial charge in [0.1, 0.15) is 5.76 Å². The number of rotatable bonds is 5. The van der Waals surface area contributed by atoms with Gasteiger partial charge in [-0.2, -0.15) is 0 Å². The topological polar surface area (TPSA) is 81.2 Å². The number of aryl methyl sites for hydroxylation is 2. The average Bonchev–Trinajstić information content (AvgIpc) is 2.52. The third-order valence-corrected chi connectivity index (χ3v) is 2.52. The summed E-state index contributed by atoms with van der Waals surface area (Å²) in [6.45, 7) is 7.97. The molecule has 3 N–H and O–H groups in total. The fourth-order valence-corrected chi connectivity index (χ4v) is 1.51. The number of carbonyl (C=O) groups excluding carboxylic acids is 1. The van der Waals surface area contributed by atoms with Crippen LogP contribution in [-0.2, 0) is 11.2 Å². The Morgan fingerprint density at radius 2 is 2.06 bits per heavy atom. The lowest BCUT2D eigenvalue weighted by Gasteiger charge is -2.18. The molecule has 1 rings (SSSR count). The molecule has 5 nitrogen and oxygen atoms in total. The number of nitrogens with zero attached hydrogens (tertiary/aromatic N) is 1. The first-order valence-corrected chi connectivity index (χ1v) is 5.77. The molecular formula is C12H22ClN3O2. The zero-order chi connectivity index (χ0) is 13.1. The van der Waals surface area contributed by atoms with E-state index in [1.165, 1.54) is 0 Å². The molecule has 0 aromatic carbocycles. The second kappa shape index (κ2) is 6.75. The molecular weight excluding hydrogens is 254 g/mol. The predicted octanol–water partition coefficient (Wildman–Crippen LogP) is 1.50. The molecule has 104 valence electrons. The maximum atomic E-state index is 11.6. The molecule has 0 bridgehead atoms. The molecule has 0 aliphatic rings. The second-order valence-corrected chi connectivity index (χ2v) is 5.07. The van der Waals surface area contributed by atoms with Crippen LogP contribution in [0.4, 0.5) is 0 Å².